The van der Waals surface area contributed by atoms with Crippen LogP contribution in [0.4, 0.5) is 0 Å². The first-order valence-corrected chi connectivity index (χ1v) is 6.34. The van der Waals surface area contributed by atoms with Crippen molar-refractivity contribution in [2.75, 3.05) is 7.11 Å². The second-order valence-corrected chi connectivity index (χ2v) is 5.12. The number of thiophene rings is 1. The van der Waals surface area contributed by atoms with E-state index in [-0.39, 0.29) is 12.0 Å². The number of nitrogens with one attached hydrogen (secondary N) is 1. The lowest BCUT2D eigenvalue weighted by atomic mass is 10.0. The number of esters is 1. The maximum absolute atomic E-state index is 11.2. The van der Waals surface area contributed by atoms with E-state index in [1.807, 2.05) is 6.07 Å². The van der Waals surface area contributed by atoms with Crippen LogP contribution in [0, 0.1) is 5.92 Å². The number of rotatable bonds is 6. The van der Waals surface area contributed by atoms with Crippen LogP contribution in [0.2, 0.25) is 0 Å². The molecule has 0 aliphatic rings. The first-order chi connectivity index (χ1) is 7.63. The Bertz CT molecular complexity index is 309. The Morgan fingerprint density at radius 1 is 1.56 bits per heavy atom. The summed E-state index contributed by atoms with van der Waals surface area (Å²) < 4.78 is 4.69. The molecule has 1 aromatic heterocycles. The van der Waals surface area contributed by atoms with Gasteiger partial charge in [-0.3, -0.25) is 4.79 Å². The molecule has 90 valence electrons. The van der Waals surface area contributed by atoms with Crippen LogP contribution in [0.15, 0.2) is 17.5 Å². The van der Waals surface area contributed by atoms with Gasteiger partial charge in [0.15, 0.2) is 0 Å². The predicted molar refractivity (Wildman–Crippen MR) is 66.4 cm³/mol. The van der Waals surface area contributed by atoms with Crippen molar-refractivity contribution in [1.29, 1.82) is 0 Å². The first kappa shape index (κ1) is 13.2. The molecule has 0 amide bonds. The van der Waals surface area contributed by atoms with Crippen LogP contribution in [-0.2, 0) is 16.1 Å². The number of hydrogen-bond acceptors (Lipinski definition) is 4. The summed E-state index contributed by atoms with van der Waals surface area (Å²) in [6, 6.07) is 4.30. The summed E-state index contributed by atoms with van der Waals surface area (Å²) in [7, 11) is 1.43. The summed E-state index contributed by atoms with van der Waals surface area (Å²) in [5, 5.41) is 5.45. The lowest BCUT2D eigenvalue weighted by Gasteiger charge is -2.20. The van der Waals surface area contributed by atoms with Crippen molar-refractivity contribution in [3.63, 3.8) is 0 Å². The molecule has 0 saturated carbocycles. The van der Waals surface area contributed by atoms with Gasteiger partial charge < -0.3 is 10.1 Å². The zero-order chi connectivity index (χ0) is 12.0. The number of methoxy groups -OCH3 is 1. The zero-order valence-corrected chi connectivity index (χ0v) is 10.8. The van der Waals surface area contributed by atoms with Gasteiger partial charge in [-0.15, -0.1) is 11.3 Å². The Kier molecular flexibility index (Phi) is 5.49. The lowest BCUT2D eigenvalue weighted by molar-refractivity contribution is -0.141. The van der Waals surface area contributed by atoms with Gasteiger partial charge in [-0.2, -0.15) is 0 Å². The van der Waals surface area contributed by atoms with E-state index in [1.54, 1.807) is 11.3 Å². The molecule has 0 aliphatic heterocycles. The minimum atomic E-state index is -0.155. The minimum Gasteiger partial charge on any atom is -0.469 e. The predicted octanol–water partition coefficient (Wildman–Crippen LogP) is 2.43. The largest absolute Gasteiger partial charge is 0.469 e. The van der Waals surface area contributed by atoms with Crippen molar-refractivity contribution in [1.82, 2.24) is 5.32 Å². The van der Waals surface area contributed by atoms with Crippen LogP contribution >= 0.6 is 11.3 Å². The van der Waals surface area contributed by atoms with E-state index >= 15 is 0 Å². The second kappa shape index (κ2) is 6.66. The van der Waals surface area contributed by atoms with Gasteiger partial charge in [-0.1, -0.05) is 19.9 Å². The topological polar surface area (TPSA) is 38.3 Å². The minimum absolute atomic E-state index is 0.155. The van der Waals surface area contributed by atoms with E-state index in [2.05, 4.69) is 30.6 Å². The monoisotopic (exact) mass is 241 g/mol. The van der Waals surface area contributed by atoms with Crippen molar-refractivity contribution >= 4 is 17.3 Å². The molecular weight excluding hydrogens is 222 g/mol. The maximum Gasteiger partial charge on any atom is 0.307 e. The third-order valence-electron chi connectivity index (χ3n) is 2.54. The fraction of sp³-hybridized carbons (Fsp3) is 0.583. The van der Waals surface area contributed by atoms with Crippen molar-refractivity contribution in [3.8, 4) is 0 Å². The summed E-state index contributed by atoms with van der Waals surface area (Å²) in [5.41, 5.74) is 0. The van der Waals surface area contributed by atoms with Gasteiger partial charge in [0, 0.05) is 17.5 Å². The molecular formula is C12H19NO2S. The normalized spacial score (nSPS) is 12.8. The fourth-order valence-electron chi connectivity index (χ4n) is 1.45. The molecule has 16 heavy (non-hydrogen) atoms. The number of ether oxygens (including phenoxy) is 1. The van der Waals surface area contributed by atoms with Crippen molar-refractivity contribution < 1.29 is 9.53 Å². The standard InChI is InChI=1S/C12H19NO2S/c1-9(2)11(7-12(14)15-3)13-8-10-5-4-6-16-10/h4-6,9,11,13H,7-8H2,1-3H3. The van der Waals surface area contributed by atoms with Gasteiger partial charge in [-0.25, -0.2) is 0 Å². The van der Waals surface area contributed by atoms with E-state index in [1.165, 1.54) is 12.0 Å². The van der Waals surface area contributed by atoms with E-state index in [9.17, 15) is 4.79 Å². The van der Waals surface area contributed by atoms with Crippen LogP contribution in [0.3, 0.4) is 0 Å². The summed E-state index contributed by atoms with van der Waals surface area (Å²) >= 11 is 1.72. The molecule has 1 atom stereocenters. The molecule has 4 heteroatoms. The zero-order valence-electron chi connectivity index (χ0n) is 10.0. The Balaban J connectivity index is 2.42. The highest BCUT2D eigenvalue weighted by Crippen LogP contribution is 2.11. The summed E-state index contributed by atoms with van der Waals surface area (Å²) in [6.07, 6.45) is 0.430. The van der Waals surface area contributed by atoms with Crippen LogP contribution < -0.4 is 5.32 Å². The highest BCUT2D eigenvalue weighted by molar-refractivity contribution is 7.09. The second-order valence-electron chi connectivity index (χ2n) is 4.09. The molecule has 0 aliphatic carbocycles. The van der Waals surface area contributed by atoms with Crippen LogP contribution in [-0.4, -0.2) is 19.1 Å². The van der Waals surface area contributed by atoms with Gasteiger partial charge in [0.05, 0.1) is 13.5 Å². The van der Waals surface area contributed by atoms with E-state index in [4.69, 9.17) is 4.74 Å². The Morgan fingerprint density at radius 3 is 2.81 bits per heavy atom. The van der Waals surface area contributed by atoms with Gasteiger partial charge >= 0.3 is 5.97 Å². The smallest absolute Gasteiger partial charge is 0.307 e. The summed E-state index contributed by atoms with van der Waals surface area (Å²) in [4.78, 5) is 12.5. The molecule has 1 unspecified atom stereocenters. The number of carbonyl (C=O) groups excluding carboxylic acids is 1. The van der Waals surface area contributed by atoms with Crippen LogP contribution in [0.1, 0.15) is 25.1 Å². The van der Waals surface area contributed by atoms with Crippen molar-refractivity contribution in [2.24, 2.45) is 5.92 Å². The Labute approximate surface area is 101 Å². The first-order valence-electron chi connectivity index (χ1n) is 5.46. The number of hydrogen-bond donors (Lipinski definition) is 1. The summed E-state index contributed by atoms with van der Waals surface area (Å²) in [6.45, 7) is 5.03. The van der Waals surface area contributed by atoms with Crippen molar-refractivity contribution in [2.45, 2.75) is 32.9 Å². The van der Waals surface area contributed by atoms with Crippen molar-refractivity contribution in [3.05, 3.63) is 22.4 Å². The highest BCUT2D eigenvalue weighted by Gasteiger charge is 2.17. The molecule has 1 aromatic rings. The lowest BCUT2D eigenvalue weighted by Crippen LogP contribution is -2.35. The molecule has 0 radical (unpaired) electrons. The quantitative estimate of drug-likeness (QED) is 0.777. The molecule has 0 fully saturated rings. The molecule has 0 bridgehead atoms. The molecule has 0 aromatic carbocycles. The summed E-state index contributed by atoms with van der Waals surface area (Å²) in [5.74, 6) is 0.261. The fourth-order valence-corrected chi connectivity index (χ4v) is 2.11. The highest BCUT2D eigenvalue weighted by atomic mass is 32.1. The van der Waals surface area contributed by atoms with E-state index in [0.717, 1.165) is 6.54 Å². The maximum atomic E-state index is 11.2. The third kappa shape index (κ3) is 4.33. The Hall–Kier alpha value is -0.870. The molecule has 0 spiro atoms. The van der Waals surface area contributed by atoms with Crippen LogP contribution in [0.5, 0.6) is 0 Å². The Morgan fingerprint density at radius 2 is 2.31 bits per heavy atom. The number of carbonyl (C=O) groups is 1. The third-order valence-corrected chi connectivity index (χ3v) is 3.41. The molecule has 1 heterocycles. The SMILES string of the molecule is COC(=O)CC(NCc1cccs1)C(C)C. The molecule has 1 rings (SSSR count). The van der Waals surface area contributed by atoms with E-state index in [0.29, 0.717) is 12.3 Å². The van der Waals surface area contributed by atoms with E-state index < -0.39 is 0 Å². The molecule has 1 N–H and O–H groups in total. The van der Waals surface area contributed by atoms with Gasteiger partial charge in [0.2, 0.25) is 0 Å². The molecule has 3 nitrogen and oxygen atoms in total. The van der Waals surface area contributed by atoms with Gasteiger partial charge in [0.1, 0.15) is 0 Å². The average Bonchev–Trinajstić information content (AvgIpc) is 2.76. The van der Waals surface area contributed by atoms with Gasteiger partial charge in [0.25, 0.3) is 0 Å². The molecule has 0 saturated heterocycles. The average molecular weight is 241 g/mol. The van der Waals surface area contributed by atoms with Gasteiger partial charge in [-0.05, 0) is 17.4 Å². The van der Waals surface area contributed by atoms with Crippen LogP contribution in [0.25, 0.3) is 0 Å².